The summed E-state index contributed by atoms with van der Waals surface area (Å²) in [4.78, 5) is 15.7. The summed E-state index contributed by atoms with van der Waals surface area (Å²) in [6.07, 6.45) is 9.17. The topological polar surface area (TPSA) is 50.2 Å². The standard InChI is InChI=1S/C23H32N4OS/c1-26-21(13-20(25-26)16-6-3-2-4-7-16)19-15-27-10-9-17(19)12-18(27)14-24-23(28)22-8-5-11-29-22/h5,8,11,13,16-19H,2-4,6-7,9-10,12,14-15H2,1H3,(H,24,28)/t17-,18+,19+/m0/s1. The Bertz CT molecular complexity index is 839. The number of carbonyl (C=O) groups excluding carboxylic acids is 1. The third-order valence-electron chi connectivity index (χ3n) is 7.46. The van der Waals surface area contributed by atoms with Crippen molar-refractivity contribution in [3.05, 3.63) is 39.8 Å². The maximum Gasteiger partial charge on any atom is 0.261 e. The van der Waals surface area contributed by atoms with Gasteiger partial charge in [0, 0.05) is 43.7 Å². The van der Waals surface area contributed by atoms with E-state index in [1.54, 1.807) is 0 Å². The number of thiophene rings is 1. The van der Waals surface area contributed by atoms with E-state index in [0.717, 1.165) is 24.5 Å². The zero-order chi connectivity index (χ0) is 19.8. The number of amides is 1. The van der Waals surface area contributed by atoms with E-state index in [9.17, 15) is 4.79 Å². The number of hydrogen-bond donors (Lipinski definition) is 1. The highest BCUT2D eigenvalue weighted by molar-refractivity contribution is 7.12. The summed E-state index contributed by atoms with van der Waals surface area (Å²) in [6, 6.07) is 6.73. The number of aryl methyl sites for hydroxylation is 1. The maximum absolute atomic E-state index is 12.3. The van der Waals surface area contributed by atoms with Crippen LogP contribution in [0, 0.1) is 5.92 Å². The zero-order valence-corrected chi connectivity index (χ0v) is 18.2. The number of nitrogens with one attached hydrogen (secondary N) is 1. The van der Waals surface area contributed by atoms with Gasteiger partial charge in [-0.25, -0.2) is 0 Å². The average molecular weight is 413 g/mol. The molecule has 4 atom stereocenters. The number of aromatic nitrogens is 2. The predicted molar refractivity (Wildman–Crippen MR) is 117 cm³/mol. The Labute approximate surface area is 177 Å². The molecule has 156 valence electrons. The molecule has 6 rings (SSSR count). The molecule has 2 aromatic rings. The number of nitrogens with zero attached hydrogens (tertiary/aromatic N) is 3. The van der Waals surface area contributed by atoms with Gasteiger partial charge in [-0.15, -0.1) is 11.3 Å². The van der Waals surface area contributed by atoms with E-state index in [4.69, 9.17) is 5.10 Å². The zero-order valence-electron chi connectivity index (χ0n) is 17.3. The lowest BCUT2D eigenvalue weighted by atomic mass is 9.74. The lowest BCUT2D eigenvalue weighted by Gasteiger charge is -2.50. The fraction of sp³-hybridized carbons (Fsp3) is 0.652. The highest BCUT2D eigenvalue weighted by atomic mass is 32.1. The molecule has 1 N–H and O–H groups in total. The molecule has 1 saturated carbocycles. The first-order chi connectivity index (χ1) is 14.2. The molecule has 3 saturated heterocycles. The van der Waals surface area contributed by atoms with Crippen LogP contribution in [0.1, 0.15) is 77.8 Å². The minimum atomic E-state index is 0.0722. The first kappa shape index (κ1) is 19.3. The van der Waals surface area contributed by atoms with E-state index in [2.05, 4.69) is 28.0 Å². The van der Waals surface area contributed by atoms with Crippen LogP contribution in [0.5, 0.6) is 0 Å². The molecule has 0 radical (unpaired) electrons. The van der Waals surface area contributed by atoms with Crippen LogP contribution in [-0.4, -0.2) is 46.3 Å². The summed E-state index contributed by atoms with van der Waals surface area (Å²) < 4.78 is 2.17. The maximum atomic E-state index is 12.3. The van der Waals surface area contributed by atoms with E-state index >= 15 is 0 Å². The second-order valence-corrected chi connectivity index (χ2v) is 10.1. The van der Waals surface area contributed by atoms with Crippen molar-refractivity contribution in [2.24, 2.45) is 13.0 Å². The fourth-order valence-electron chi connectivity index (χ4n) is 5.84. The predicted octanol–water partition coefficient (Wildman–Crippen LogP) is 4.14. The third kappa shape index (κ3) is 3.89. The lowest BCUT2D eigenvalue weighted by Crippen LogP contribution is -2.56. The third-order valence-corrected chi connectivity index (χ3v) is 8.33. The van der Waals surface area contributed by atoms with Gasteiger partial charge in [0.15, 0.2) is 0 Å². The Kier molecular flexibility index (Phi) is 5.48. The van der Waals surface area contributed by atoms with Crippen molar-refractivity contribution in [2.45, 2.75) is 62.8 Å². The number of piperidine rings is 3. The summed E-state index contributed by atoms with van der Waals surface area (Å²) in [5.41, 5.74) is 2.76. The molecule has 2 aromatic heterocycles. The van der Waals surface area contributed by atoms with Crippen LogP contribution < -0.4 is 5.32 Å². The van der Waals surface area contributed by atoms with E-state index in [1.807, 2.05) is 17.5 Å². The molecule has 5 nitrogen and oxygen atoms in total. The van der Waals surface area contributed by atoms with Crippen LogP contribution in [0.25, 0.3) is 0 Å². The number of carbonyl (C=O) groups is 1. The SMILES string of the molecule is Cn1nc(C2CCCCC2)cc1[C@@H]1CN2CC[C@H]1C[C@@H]2CNC(=O)c1cccs1. The van der Waals surface area contributed by atoms with E-state index < -0.39 is 0 Å². The molecule has 4 aliphatic rings. The van der Waals surface area contributed by atoms with Crippen LogP contribution in [0.4, 0.5) is 0 Å². The van der Waals surface area contributed by atoms with Crippen LogP contribution in [0.15, 0.2) is 23.6 Å². The highest BCUT2D eigenvalue weighted by Gasteiger charge is 2.42. The lowest BCUT2D eigenvalue weighted by molar-refractivity contribution is 0.0280. The van der Waals surface area contributed by atoms with Crippen molar-refractivity contribution in [2.75, 3.05) is 19.6 Å². The Morgan fingerprint density at radius 1 is 1.28 bits per heavy atom. The molecule has 3 aliphatic heterocycles. The molecule has 4 fully saturated rings. The van der Waals surface area contributed by atoms with E-state index in [-0.39, 0.29) is 5.91 Å². The Hall–Kier alpha value is -1.66. The summed E-state index contributed by atoms with van der Waals surface area (Å²) in [5.74, 6) is 2.04. The van der Waals surface area contributed by atoms with Crippen molar-refractivity contribution in [1.82, 2.24) is 20.0 Å². The molecule has 5 heterocycles. The van der Waals surface area contributed by atoms with Gasteiger partial charge < -0.3 is 5.32 Å². The molecule has 0 spiro atoms. The van der Waals surface area contributed by atoms with Gasteiger partial charge in [0.05, 0.1) is 10.6 Å². The minimum Gasteiger partial charge on any atom is -0.350 e. The molecule has 1 aliphatic carbocycles. The molecule has 1 unspecified atom stereocenters. The summed E-state index contributed by atoms with van der Waals surface area (Å²) in [7, 11) is 2.14. The van der Waals surface area contributed by atoms with Crippen molar-refractivity contribution >= 4 is 17.2 Å². The van der Waals surface area contributed by atoms with Crippen molar-refractivity contribution in [3.8, 4) is 0 Å². The minimum absolute atomic E-state index is 0.0722. The first-order valence-corrected chi connectivity index (χ1v) is 12.2. The van der Waals surface area contributed by atoms with Gasteiger partial charge >= 0.3 is 0 Å². The summed E-state index contributed by atoms with van der Waals surface area (Å²) in [6.45, 7) is 3.03. The Morgan fingerprint density at radius 2 is 2.14 bits per heavy atom. The van der Waals surface area contributed by atoms with Crippen LogP contribution in [0.2, 0.25) is 0 Å². The molecule has 0 aromatic carbocycles. The van der Waals surface area contributed by atoms with Gasteiger partial charge in [-0.2, -0.15) is 5.10 Å². The smallest absolute Gasteiger partial charge is 0.261 e. The first-order valence-electron chi connectivity index (χ1n) is 11.3. The normalized spacial score (nSPS) is 29.8. The van der Waals surface area contributed by atoms with Gasteiger partial charge in [-0.05, 0) is 55.7 Å². The summed E-state index contributed by atoms with van der Waals surface area (Å²) in [5, 5.41) is 10.1. The van der Waals surface area contributed by atoms with Gasteiger partial charge in [0.1, 0.15) is 0 Å². The van der Waals surface area contributed by atoms with Gasteiger partial charge in [0.2, 0.25) is 0 Å². The highest BCUT2D eigenvalue weighted by Crippen LogP contribution is 2.42. The quantitative estimate of drug-likeness (QED) is 0.803. The van der Waals surface area contributed by atoms with Crippen molar-refractivity contribution in [1.29, 1.82) is 0 Å². The molecule has 2 bridgehead atoms. The largest absolute Gasteiger partial charge is 0.350 e. The Morgan fingerprint density at radius 3 is 2.86 bits per heavy atom. The van der Waals surface area contributed by atoms with Crippen molar-refractivity contribution < 1.29 is 4.79 Å². The monoisotopic (exact) mass is 412 g/mol. The summed E-state index contributed by atoms with van der Waals surface area (Å²) >= 11 is 1.51. The second kappa shape index (κ2) is 8.23. The molecular weight excluding hydrogens is 380 g/mol. The van der Waals surface area contributed by atoms with Gasteiger partial charge in [-0.3, -0.25) is 14.4 Å². The molecule has 29 heavy (non-hydrogen) atoms. The van der Waals surface area contributed by atoms with Crippen LogP contribution in [-0.2, 0) is 7.05 Å². The molecule has 1 amide bonds. The average Bonchev–Trinajstić information content (AvgIpc) is 3.43. The Balaban J connectivity index is 1.23. The number of hydrogen-bond acceptors (Lipinski definition) is 4. The van der Waals surface area contributed by atoms with Crippen molar-refractivity contribution in [3.63, 3.8) is 0 Å². The second-order valence-electron chi connectivity index (χ2n) is 9.18. The van der Waals surface area contributed by atoms with Crippen LogP contribution >= 0.6 is 11.3 Å². The van der Waals surface area contributed by atoms with Gasteiger partial charge in [0.25, 0.3) is 5.91 Å². The van der Waals surface area contributed by atoms with Crippen LogP contribution in [0.3, 0.4) is 0 Å². The number of fused-ring (bicyclic) bond motifs is 3. The van der Waals surface area contributed by atoms with E-state index in [1.165, 1.54) is 67.7 Å². The number of rotatable bonds is 5. The fourth-order valence-corrected chi connectivity index (χ4v) is 6.48. The van der Waals surface area contributed by atoms with Gasteiger partial charge in [-0.1, -0.05) is 25.3 Å². The van der Waals surface area contributed by atoms with E-state index in [0.29, 0.717) is 23.8 Å². The molecule has 6 heteroatoms. The molecular formula is C23H32N4OS.